The third-order valence-electron chi connectivity index (χ3n) is 5.46. The van der Waals surface area contributed by atoms with E-state index in [0.717, 1.165) is 11.3 Å². The smallest absolute Gasteiger partial charge is 0.255 e. The van der Waals surface area contributed by atoms with Crippen LogP contribution in [0, 0.1) is 6.92 Å². The Kier molecular flexibility index (Phi) is 4.26. The predicted molar refractivity (Wildman–Crippen MR) is 103 cm³/mol. The van der Waals surface area contributed by atoms with Crippen molar-refractivity contribution in [3.63, 3.8) is 0 Å². The molecule has 6 heteroatoms. The van der Waals surface area contributed by atoms with Gasteiger partial charge in [0, 0.05) is 31.5 Å². The number of ether oxygens (including phenoxy) is 1. The molecule has 1 spiro atoms. The number of nitrogens with zero attached hydrogens (tertiary/aromatic N) is 1. The number of anilines is 1. The van der Waals surface area contributed by atoms with Crippen LogP contribution in [0.3, 0.4) is 0 Å². The number of piperidine rings is 1. The first-order valence-electron chi connectivity index (χ1n) is 9.15. The fourth-order valence-electron chi connectivity index (χ4n) is 3.86. The molecule has 2 N–H and O–H groups in total. The highest BCUT2D eigenvalue weighted by Gasteiger charge is 2.41. The van der Waals surface area contributed by atoms with Gasteiger partial charge in [0.15, 0.2) is 0 Å². The topological polar surface area (TPSA) is 70.7 Å². The molecule has 0 unspecified atom stereocenters. The summed E-state index contributed by atoms with van der Waals surface area (Å²) < 4.78 is 5.21. The first-order valence-corrected chi connectivity index (χ1v) is 9.15. The van der Waals surface area contributed by atoms with Gasteiger partial charge in [-0.15, -0.1) is 0 Å². The van der Waals surface area contributed by atoms with E-state index in [1.807, 2.05) is 42.2 Å². The number of fused-ring (bicyclic) bond motifs is 1. The Balaban J connectivity index is 1.50. The summed E-state index contributed by atoms with van der Waals surface area (Å²) in [7, 11) is 1.59. The summed E-state index contributed by atoms with van der Waals surface area (Å²) in [6.07, 6.45) is 1.31. The standard InChI is InChI=1S/C21H23N3O3/c1-14-5-3-8-17-18(14)22-21(23-19(17)25)9-11-24(12-10-21)20(26)15-6-4-7-16(13-15)27-2/h3-8,13,22H,9-12H2,1-2H3,(H,23,25). The van der Waals surface area contributed by atoms with Gasteiger partial charge in [0.1, 0.15) is 11.4 Å². The Morgan fingerprint density at radius 3 is 2.59 bits per heavy atom. The summed E-state index contributed by atoms with van der Waals surface area (Å²) in [5.41, 5.74) is 2.74. The third kappa shape index (κ3) is 3.12. The lowest BCUT2D eigenvalue weighted by atomic mass is 9.91. The van der Waals surface area contributed by atoms with Crippen molar-refractivity contribution in [2.24, 2.45) is 0 Å². The Morgan fingerprint density at radius 2 is 1.85 bits per heavy atom. The summed E-state index contributed by atoms with van der Waals surface area (Å²) in [4.78, 5) is 27.2. The lowest BCUT2D eigenvalue weighted by Gasteiger charge is -2.46. The number of aryl methyl sites for hydroxylation is 1. The fraction of sp³-hybridized carbons (Fsp3) is 0.333. The van der Waals surface area contributed by atoms with E-state index < -0.39 is 5.66 Å². The van der Waals surface area contributed by atoms with Gasteiger partial charge in [-0.25, -0.2) is 0 Å². The summed E-state index contributed by atoms with van der Waals surface area (Å²) in [5, 5.41) is 6.66. The highest BCUT2D eigenvalue weighted by Crippen LogP contribution is 2.33. The summed E-state index contributed by atoms with van der Waals surface area (Å²) >= 11 is 0. The Labute approximate surface area is 158 Å². The quantitative estimate of drug-likeness (QED) is 0.859. The average molecular weight is 365 g/mol. The van der Waals surface area contributed by atoms with Crippen LogP contribution in [0.2, 0.25) is 0 Å². The van der Waals surface area contributed by atoms with Crippen LogP contribution in [-0.2, 0) is 0 Å². The van der Waals surface area contributed by atoms with Crippen LogP contribution in [0.25, 0.3) is 0 Å². The zero-order valence-corrected chi connectivity index (χ0v) is 15.5. The maximum absolute atomic E-state index is 12.8. The number of carbonyl (C=O) groups is 2. The molecule has 0 aliphatic carbocycles. The van der Waals surface area contributed by atoms with Crippen molar-refractivity contribution in [3.05, 3.63) is 59.2 Å². The monoisotopic (exact) mass is 365 g/mol. The zero-order chi connectivity index (χ0) is 19.0. The van der Waals surface area contributed by atoms with Gasteiger partial charge < -0.3 is 20.3 Å². The molecular formula is C21H23N3O3. The van der Waals surface area contributed by atoms with E-state index in [2.05, 4.69) is 10.6 Å². The molecule has 2 aromatic carbocycles. The summed E-state index contributed by atoms with van der Waals surface area (Å²) in [6, 6.07) is 12.9. The van der Waals surface area contributed by atoms with Crippen LogP contribution in [0.5, 0.6) is 5.75 Å². The molecule has 2 amide bonds. The number of rotatable bonds is 2. The van der Waals surface area contributed by atoms with E-state index in [0.29, 0.717) is 42.8 Å². The van der Waals surface area contributed by atoms with E-state index in [-0.39, 0.29) is 11.8 Å². The van der Waals surface area contributed by atoms with Gasteiger partial charge in [-0.1, -0.05) is 18.2 Å². The van der Waals surface area contributed by atoms with E-state index >= 15 is 0 Å². The maximum Gasteiger partial charge on any atom is 0.255 e. The van der Waals surface area contributed by atoms with Crippen molar-refractivity contribution in [2.75, 3.05) is 25.5 Å². The number of amides is 2. The maximum atomic E-state index is 12.8. The second kappa shape index (κ2) is 6.61. The van der Waals surface area contributed by atoms with Gasteiger partial charge in [-0.2, -0.15) is 0 Å². The van der Waals surface area contributed by atoms with Gasteiger partial charge in [-0.05, 0) is 36.8 Å². The second-order valence-electron chi connectivity index (χ2n) is 7.18. The van der Waals surface area contributed by atoms with E-state index in [9.17, 15) is 9.59 Å². The van der Waals surface area contributed by atoms with Crippen LogP contribution in [0.1, 0.15) is 39.1 Å². The van der Waals surface area contributed by atoms with Crippen LogP contribution in [0.4, 0.5) is 5.69 Å². The van der Waals surface area contributed by atoms with E-state index in [1.165, 1.54) is 0 Å². The predicted octanol–water partition coefficient (Wildman–Crippen LogP) is 2.79. The minimum absolute atomic E-state index is 0.0116. The SMILES string of the molecule is COc1cccc(C(=O)N2CCC3(CC2)NC(=O)c2cccc(C)c2N3)c1. The van der Waals surface area contributed by atoms with Crippen LogP contribution in [0.15, 0.2) is 42.5 Å². The van der Waals surface area contributed by atoms with Gasteiger partial charge in [0.25, 0.3) is 11.8 Å². The lowest BCUT2D eigenvalue weighted by molar-refractivity contribution is 0.0639. The molecule has 0 saturated carbocycles. The molecule has 0 bridgehead atoms. The summed E-state index contributed by atoms with van der Waals surface area (Å²) in [5.74, 6) is 0.602. The number of benzene rings is 2. The molecule has 0 radical (unpaired) electrons. The number of para-hydroxylation sites is 1. The van der Waals surface area contributed by atoms with Crippen molar-refractivity contribution in [3.8, 4) is 5.75 Å². The van der Waals surface area contributed by atoms with Crippen LogP contribution in [-0.4, -0.2) is 42.6 Å². The van der Waals surface area contributed by atoms with E-state index in [4.69, 9.17) is 4.74 Å². The molecule has 4 rings (SSSR count). The molecule has 1 fully saturated rings. The van der Waals surface area contributed by atoms with E-state index in [1.54, 1.807) is 19.2 Å². The van der Waals surface area contributed by atoms with Crippen molar-refractivity contribution in [1.82, 2.24) is 10.2 Å². The molecule has 2 heterocycles. The number of nitrogens with one attached hydrogen (secondary N) is 2. The van der Waals surface area contributed by atoms with Crippen molar-refractivity contribution in [2.45, 2.75) is 25.4 Å². The van der Waals surface area contributed by atoms with Gasteiger partial charge in [0.05, 0.1) is 18.4 Å². The van der Waals surface area contributed by atoms with Gasteiger partial charge in [0.2, 0.25) is 0 Å². The summed E-state index contributed by atoms with van der Waals surface area (Å²) in [6.45, 7) is 3.15. The molecule has 27 heavy (non-hydrogen) atoms. The molecule has 2 aliphatic heterocycles. The average Bonchev–Trinajstić information content (AvgIpc) is 2.69. The third-order valence-corrected chi connectivity index (χ3v) is 5.46. The Bertz CT molecular complexity index is 901. The number of hydrogen-bond acceptors (Lipinski definition) is 4. The minimum Gasteiger partial charge on any atom is -0.497 e. The lowest BCUT2D eigenvalue weighted by Crippen LogP contribution is -2.62. The largest absolute Gasteiger partial charge is 0.497 e. The van der Waals surface area contributed by atoms with Crippen molar-refractivity contribution >= 4 is 17.5 Å². The van der Waals surface area contributed by atoms with Crippen molar-refractivity contribution in [1.29, 1.82) is 0 Å². The molecule has 2 aromatic rings. The second-order valence-corrected chi connectivity index (χ2v) is 7.18. The number of methoxy groups -OCH3 is 1. The Hall–Kier alpha value is -3.02. The van der Waals surface area contributed by atoms with Crippen LogP contribution >= 0.6 is 0 Å². The molecule has 140 valence electrons. The molecule has 0 aromatic heterocycles. The normalized spacial score (nSPS) is 17.7. The molecule has 0 atom stereocenters. The van der Waals surface area contributed by atoms with Gasteiger partial charge in [-0.3, -0.25) is 9.59 Å². The first-order chi connectivity index (χ1) is 13.0. The molecular weight excluding hydrogens is 342 g/mol. The molecule has 1 saturated heterocycles. The Morgan fingerprint density at radius 1 is 1.11 bits per heavy atom. The highest BCUT2D eigenvalue weighted by molar-refractivity contribution is 6.03. The van der Waals surface area contributed by atoms with Crippen LogP contribution < -0.4 is 15.4 Å². The number of carbonyl (C=O) groups excluding carboxylic acids is 2. The van der Waals surface area contributed by atoms with Crippen molar-refractivity contribution < 1.29 is 14.3 Å². The number of hydrogen-bond donors (Lipinski definition) is 2. The molecule has 6 nitrogen and oxygen atoms in total. The fourth-order valence-corrected chi connectivity index (χ4v) is 3.86. The number of likely N-dealkylation sites (tertiary alicyclic amines) is 1. The first kappa shape index (κ1) is 17.4. The minimum atomic E-state index is -0.499. The molecule has 2 aliphatic rings. The zero-order valence-electron chi connectivity index (χ0n) is 15.5. The highest BCUT2D eigenvalue weighted by atomic mass is 16.5. The van der Waals surface area contributed by atoms with Gasteiger partial charge >= 0.3 is 0 Å².